The van der Waals surface area contributed by atoms with Gasteiger partial charge >= 0.3 is 5.97 Å². The van der Waals surface area contributed by atoms with Crippen molar-refractivity contribution < 1.29 is 14.1 Å². The number of pyridine rings is 1. The average Bonchev–Trinajstić information content (AvgIpc) is 2.98. The molecule has 0 unspecified atom stereocenters. The Labute approximate surface area is 163 Å². The van der Waals surface area contributed by atoms with Crippen molar-refractivity contribution in [3.63, 3.8) is 0 Å². The van der Waals surface area contributed by atoms with E-state index in [4.69, 9.17) is 9.26 Å². The smallest absolute Gasteiger partial charge is 0.341 e. The summed E-state index contributed by atoms with van der Waals surface area (Å²) in [6.45, 7) is 8.07. The van der Waals surface area contributed by atoms with Crippen LogP contribution < -0.4 is 0 Å². The van der Waals surface area contributed by atoms with Crippen LogP contribution in [-0.4, -0.2) is 16.1 Å². The molecular formula is C21H22N2O3S. The molecule has 0 bridgehead atoms. The first-order valence-corrected chi connectivity index (χ1v) is 9.67. The highest BCUT2D eigenvalue weighted by Crippen LogP contribution is 2.27. The number of thioether (sulfide) groups is 1. The monoisotopic (exact) mass is 382 g/mol. The van der Waals surface area contributed by atoms with Crippen LogP contribution in [0, 0.1) is 27.7 Å². The van der Waals surface area contributed by atoms with Crippen LogP contribution in [0.2, 0.25) is 0 Å². The van der Waals surface area contributed by atoms with Crippen LogP contribution in [-0.2, 0) is 17.1 Å². The molecule has 0 atom stereocenters. The van der Waals surface area contributed by atoms with Crippen molar-refractivity contribution in [2.75, 3.05) is 0 Å². The van der Waals surface area contributed by atoms with Gasteiger partial charge < -0.3 is 9.26 Å². The number of benzene rings is 1. The number of nitrogens with zero attached hydrogens (tertiary/aromatic N) is 2. The molecule has 0 fully saturated rings. The fourth-order valence-electron chi connectivity index (χ4n) is 2.69. The van der Waals surface area contributed by atoms with E-state index in [1.54, 1.807) is 18.3 Å². The summed E-state index contributed by atoms with van der Waals surface area (Å²) < 4.78 is 10.7. The van der Waals surface area contributed by atoms with E-state index in [2.05, 4.69) is 10.1 Å². The molecule has 0 spiro atoms. The van der Waals surface area contributed by atoms with Crippen molar-refractivity contribution in [2.45, 2.75) is 45.1 Å². The van der Waals surface area contributed by atoms with Crippen molar-refractivity contribution in [1.29, 1.82) is 0 Å². The largest absolute Gasteiger partial charge is 0.457 e. The molecule has 5 nitrogen and oxygen atoms in total. The van der Waals surface area contributed by atoms with Crippen molar-refractivity contribution in [1.82, 2.24) is 10.1 Å². The van der Waals surface area contributed by atoms with E-state index in [0.29, 0.717) is 16.3 Å². The van der Waals surface area contributed by atoms with Gasteiger partial charge in [-0.25, -0.2) is 9.78 Å². The predicted octanol–water partition coefficient (Wildman–Crippen LogP) is 4.95. The Hall–Kier alpha value is -2.60. The molecular weight excluding hydrogens is 360 g/mol. The van der Waals surface area contributed by atoms with Gasteiger partial charge in [-0.05, 0) is 51.0 Å². The fraction of sp³-hybridized carbons (Fsp3) is 0.286. The van der Waals surface area contributed by atoms with Gasteiger partial charge in [0.15, 0.2) is 0 Å². The van der Waals surface area contributed by atoms with E-state index in [1.807, 2.05) is 45.9 Å². The highest BCUT2D eigenvalue weighted by Gasteiger charge is 2.17. The fourth-order valence-corrected chi connectivity index (χ4v) is 3.82. The van der Waals surface area contributed by atoms with Gasteiger partial charge in [-0.2, -0.15) is 0 Å². The van der Waals surface area contributed by atoms with Gasteiger partial charge in [0.1, 0.15) is 17.4 Å². The Morgan fingerprint density at radius 1 is 1.19 bits per heavy atom. The molecule has 0 aliphatic heterocycles. The van der Waals surface area contributed by atoms with Crippen LogP contribution in [0.4, 0.5) is 0 Å². The summed E-state index contributed by atoms with van der Waals surface area (Å²) >= 11 is 1.48. The van der Waals surface area contributed by atoms with Crippen LogP contribution in [0.25, 0.3) is 0 Å². The molecule has 3 aromatic rings. The van der Waals surface area contributed by atoms with E-state index in [1.165, 1.54) is 11.8 Å². The number of carbonyl (C=O) groups excluding carboxylic acids is 1. The minimum absolute atomic E-state index is 0.245. The molecule has 2 heterocycles. The minimum Gasteiger partial charge on any atom is -0.457 e. The number of aryl methyl sites for hydroxylation is 4. The number of rotatable bonds is 6. The Kier molecular flexibility index (Phi) is 5.96. The SMILES string of the molecule is Cc1ccc(C)c(COC(=O)c2cccnc2SCc2c(C)noc2C)c1. The number of aromatic nitrogens is 2. The first-order valence-electron chi connectivity index (χ1n) is 8.68. The molecule has 0 aliphatic carbocycles. The minimum atomic E-state index is -0.370. The zero-order chi connectivity index (χ0) is 19.4. The summed E-state index contributed by atoms with van der Waals surface area (Å²) in [4.78, 5) is 17.0. The van der Waals surface area contributed by atoms with E-state index in [0.717, 1.165) is 33.7 Å². The van der Waals surface area contributed by atoms with Crippen LogP contribution >= 0.6 is 11.8 Å². The van der Waals surface area contributed by atoms with Gasteiger partial charge in [-0.3, -0.25) is 0 Å². The standard InChI is InChI=1S/C21H22N2O3S/c1-13-7-8-14(2)17(10-13)11-25-21(24)18-6-5-9-22-20(18)27-12-19-15(3)23-26-16(19)4/h5-10H,11-12H2,1-4H3. The van der Waals surface area contributed by atoms with Gasteiger partial charge in [0, 0.05) is 17.5 Å². The molecule has 27 heavy (non-hydrogen) atoms. The Balaban J connectivity index is 1.71. The molecule has 140 valence electrons. The summed E-state index contributed by atoms with van der Waals surface area (Å²) in [7, 11) is 0. The third-order valence-corrected chi connectivity index (χ3v) is 5.42. The van der Waals surface area contributed by atoms with E-state index >= 15 is 0 Å². The number of ether oxygens (including phenoxy) is 1. The Morgan fingerprint density at radius 3 is 2.74 bits per heavy atom. The summed E-state index contributed by atoms with van der Waals surface area (Å²) in [6, 6.07) is 9.61. The zero-order valence-corrected chi connectivity index (χ0v) is 16.7. The maximum atomic E-state index is 12.6. The molecule has 3 rings (SSSR count). The molecule has 0 radical (unpaired) electrons. The summed E-state index contributed by atoms with van der Waals surface area (Å²) in [5.74, 6) is 1.05. The molecule has 0 saturated heterocycles. The third-order valence-electron chi connectivity index (χ3n) is 4.39. The van der Waals surface area contributed by atoms with Gasteiger partial charge in [-0.1, -0.05) is 28.9 Å². The molecule has 0 amide bonds. The lowest BCUT2D eigenvalue weighted by atomic mass is 10.1. The number of carbonyl (C=O) groups is 1. The molecule has 0 N–H and O–H groups in total. The molecule has 6 heteroatoms. The topological polar surface area (TPSA) is 65.2 Å². The lowest BCUT2D eigenvalue weighted by Gasteiger charge is -2.10. The van der Waals surface area contributed by atoms with E-state index < -0.39 is 0 Å². The maximum absolute atomic E-state index is 12.6. The number of hydrogen-bond acceptors (Lipinski definition) is 6. The molecule has 2 aromatic heterocycles. The van der Waals surface area contributed by atoms with Crippen molar-refractivity contribution in [3.05, 3.63) is 75.8 Å². The average molecular weight is 382 g/mol. The van der Waals surface area contributed by atoms with E-state index in [9.17, 15) is 4.79 Å². The Bertz CT molecular complexity index is 946. The van der Waals surface area contributed by atoms with Crippen LogP contribution in [0.5, 0.6) is 0 Å². The molecule has 0 saturated carbocycles. The predicted molar refractivity (Wildman–Crippen MR) is 105 cm³/mol. The highest BCUT2D eigenvalue weighted by atomic mass is 32.2. The number of esters is 1. The van der Waals surface area contributed by atoms with Gasteiger partial charge in [0.25, 0.3) is 0 Å². The Morgan fingerprint density at radius 2 is 2.00 bits per heavy atom. The second-order valence-corrected chi connectivity index (χ2v) is 7.42. The first kappa shape index (κ1) is 19.2. The van der Waals surface area contributed by atoms with Gasteiger partial charge in [-0.15, -0.1) is 11.8 Å². The van der Waals surface area contributed by atoms with Gasteiger partial charge in [0.05, 0.1) is 11.3 Å². The quantitative estimate of drug-likeness (QED) is 0.444. The molecule has 0 aliphatic rings. The van der Waals surface area contributed by atoms with E-state index in [-0.39, 0.29) is 12.6 Å². The van der Waals surface area contributed by atoms with Crippen molar-refractivity contribution in [2.24, 2.45) is 0 Å². The second-order valence-electron chi connectivity index (χ2n) is 6.45. The summed E-state index contributed by atoms with van der Waals surface area (Å²) in [5, 5.41) is 4.61. The first-order chi connectivity index (χ1) is 13.0. The lowest BCUT2D eigenvalue weighted by Crippen LogP contribution is -2.08. The van der Waals surface area contributed by atoms with Crippen LogP contribution in [0.3, 0.4) is 0 Å². The second kappa shape index (κ2) is 8.39. The van der Waals surface area contributed by atoms with Crippen LogP contribution in [0.15, 0.2) is 46.1 Å². The summed E-state index contributed by atoms with van der Waals surface area (Å²) in [6.07, 6.45) is 1.68. The van der Waals surface area contributed by atoms with Crippen molar-refractivity contribution >= 4 is 17.7 Å². The highest BCUT2D eigenvalue weighted by molar-refractivity contribution is 7.98. The normalized spacial score (nSPS) is 10.8. The third kappa shape index (κ3) is 4.57. The number of hydrogen-bond donors (Lipinski definition) is 0. The van der Waals surface area contributed by atoms with Crippen LogP contribution in [0.1, 0.15) is 44.1 Å². The van der Waals surface area contributed by atoms with Crippen molar-refractivity contribution in [3.8, 4) is 0 Å². The molecule has 1 aromatic carbocycles. The van der Waals surface area contributed by atoms with Gasteiger partial charge in [0.2, 0.25) is 0 Å². The maximum Gasteiger partial charge on any atom is 0.341 e. The summed E-state index contributed by atoms with van der Waals surface area (Å²) in [5.41, 5.74) is 5.61. The zero-order valence-electron chi connectivity index (χ0n) is 15.9. The lowest BCUT2D eigenvalue weighted by molar-refractivity contribution is 0.0467.